The highest BCUT2D eigenvalue weighted by Gasteiger charge is 2.32. The molecule has 0 spiro atoms. The Morgan fingerprint density at radius 1 is 1.09 bits per heavy atom. The topological polar surface area (TPSA) is 95.1 Å². The van der Waals surface area contributed by atoms with E-state index in [2.05, 4.69) is 32.6 Å². The molecule has 3 aromatic heterocycles. The zero-order valence-electron chi connectivity index (χ0n) is 19.8. The van der Waals surface area contributed by atoms with Gasteiger partial charge in [0.15, 0.2) is 6.10 Å². The second kappa shape index (κ2) is 8.23. The standard InChI is InChI=1S/C27H25N5O3/c1-15-8-9-19(13-20(15)21-11-18-14-28-16(2)10-22(18)32(3)26(21)33)29-27-30-25(35-31-27)24-12-17-6-4-5-7-23(17)34-24/h6-11,13-14,24H,4-5,12H2,1-3H3,(H,29,31). The lowest BCUT2D eigenvalue weighted by atomic mass is 9.99. The minimum Gasteiger partial charge on any atom is -0.480 e. The summed E-state index contributed by atoms with van der Waals surface area (Å²) in [7, 11) is 1.79. The van der Waals surface area contributed by atoms with Crippen LogP contribution in [0, 0.1) is 13.8 Å². The van der Waals surface area contributed by atoms with Gasteiger partial charge in [-0.25, -0.2) is 0 Å². The summed E-state index contributed by atoms with van der Waals surface area (Å²) < 4.78 is 13.2. The summed E-state index contributed by atoms with van der Waals surface area (Å²) in [5.74, 6) is 1.73. The summed E-state index contributed by atoms with van der Waals surface area (Å²) in [6.45, 7) is 3.91. The molecule has 4 aromatic rings. The smallest absolute Gasteiger partial charge is 0.269 e. The van der Waals surface area contributed by atoms with Crippen LogP contribution in [0.4, 0.5) is 11.6 Å². The number of hydrogen-bond donors (Lipinski definition) is 1. The van der Waals surface area contributed by atoms with Crippen molar-refractivity contribution in [3.63, 3.8) is 0 Å². The molecular formula is C27H25N5O3. The molecule has 0 amide bonds. The number of nitrogens with zero attached hydrogens (tertiary/aromatic N) is 4. The quantitative estimate of drug-likeness (QED) is 0.429. The third-order valence-electron chi connectivity index (χ3n) is 6.62. The maximum Gasteiger partial charge on any atom is 0.269 e. The van der Waals surface area contributed by atoms with Crippen molar-refractivity contribution in [2.24, 2.45) is 7.05 Å². The highest BCUT2D eigenvalue weighted by Crippen LogP contribution is 2.41. The Hall–Kier alpha value is -4.20. The van der Waals surface area contributed by atoms with Crippen LogP contribution in [0.2, 0.25) is 0 Å². The molecule has 1 saturated heterocycles. The molecular weight excluding hydrogens is 442 g/mol. The molecule has 0 bridgehead atoms. The molecule has 6 rings (SSSR count). The molecule has 2 aliphatic rings. The van der Waals surface area contributed by atoms with Crippen LogP contribution in [0.1, 0.15) is 42.5 Å². The SMILES string of the molecule is Cc1cc2c(cn1)cc(-c1cc(Nc3noc(C4CC5=CCCC=C5O4)n3)ccc1C)c(=O)n2C. The Bertz CT molecular complexity index is 1570. The van der Waals surface area contributed by atoms with Crippen molar-refractivity contribution >= 4 is 22.5 Å². The van der Waals surface area contributed by atoms with Crippen molar-refractivity contribution < 1.29 is 9.26 Å². The molecule has 176 valence electrons. The van der Waals surface area contributed by atoms with Gasteiger partial charge in [0, 0.05) is 42.0 Å². The van der Waals surface area contributed by atoms with Crippen molar-refractivity contribution in [2.45, 2.75) is 39.2 Å². The first-order valence-electron chi connectivity index (χ1n) is 11.7. The van der Waals surface area contributed by atoms with Gasteiger partial charge in [-0.05, 0) is 78.9 Å². The number of nitrogens with one attached hydrogen (secondary N) is 1. The van der Waals surface area contributed by atoms with Gasteiger partial charge in [0.2, 0.25) is 0 Å². The zero-order valence-corrected chi connectivity index (χ0v) is 19.8. The van der Waals surface area contributed by atoms with Crippen molar-refractivity contribution in [3.05, 3.63) is 87.5 Å². The monoisotopic (exact) mass is 467 g/mol. The van der Waals surface area contributed by atoms with Gasteiger partial charge in [-0.2, -0.15) is 4.98 Å². The summed E-state index contributed by atoms with van der Waals surface area (Å²) >= 11 is 0. The van der Waals surface area contributed by atoms with Crippen LogP contribution in [0.5, 0.6) is 0 Å². The number of pyridine rings is 2. The van der Waals surface area contributed by atoms with E-state index in [1.807, 2.05) is 44.2 Å². The average molecular weight is 468 g/mol. The third-order valence-corrected chi connectivity index (χ3v) is 6.62. The fourth-order valence-corrected chi connectivity index (χ4v) is 4.74. The van der Waals surface area contributed by atoms with E-state index >= 15 is 0 Å². The summed E-state index contributed by atoms with van der Waals surface area (Å²) in [6.07, 6.45) is 8.65. The van der Waals surface area contributed by atoms with E-state index in [1.54, 1.807) is 17.8 Å². The van der Waals surface area contributed by atoms with E-state index in [9.17, 15) is 4.79 Å². The van der Waals surface area contributed by atoms with E-state index < -0.39 is 0 Å². The van der Waals surface area contributed by atoms with E-state index in [4.69, 9.17) is 9.26 Å². The molecule has 1 aliphatic carbocycles. The van der Waals surface area contributed by atoms with Crippen LogP contribution in [-0.2, 0) is 11.8 Å². The number of anilines is 2. The van der Waals surface area contributed by atoms with Crippen LogP contribution in [0.3, 0.4) is 0 Å². The summed E-state index contributed by atoms with van der Waals surface area (Å²) in [6, 6.07) is 9.67. The molecule has 1 unspecified atom stereocenters. The maximum absolute atomic E-state index is 13.2. The fraction of sp³-hybridized carbons (Fsp3) is 0.259. The number of ether oxygens (including phenoxy) is 1. The third kappa shape index (κ3) is 3.80. The molecule has 4 heterocycles. The molecule has 35 heavy (non-hydrogen) atoms. The summed E-state index contributed by atoms with van der Waals surface area (Å²) in [5, 5.41) is 8.21. The van der Waals surface area contributed by atoms with Crippen LogP contribution < -0.4 is 10.9 Å². The second-order valence-corrected chi connectivity index (χ2v) is 9.10. The normalized spacial score (nSPS) is 17.1. The van der Waals surface area contributed by atoms with Gasteiger partial charge in [-0.1, -0.05) is 12.1 Å². The maximum atomic E-state index is 13.2. The van der Waals surface area contributed by atoms with E-state index in [1.165, 1.54) is 5.57 Å². The lowest BCUT2D eigenvalue weighted by Gasteiger charge is -2.12. The van der Waals surface area contributed by atoms with E-state index in [0.29, 0.717) is 17.4 Å². The lowest BCUT2D eigenvalue weighted by Crippen LogP contribution is -2.19. The molecule has 1 aromatic carbocycles. The number of hydrogen-bond acceptors (Lipinski definition) is 7. The first kappa shape index (κ1) is 21.3. The molecule has 0 saturated carbocycles. The minimum atomic E-state index is -0.264. The summed E-state index contributed by atoms with van der Waals surface area (Å²) in [5.41, 5.74) is 6.08. The van der Waals surface area contributed by atoms with Gasteiger partial charge in [-0.3, -0.25) is 9.78 Å². The van der Waals surface area contributed by atoms with Crippen molar-refractivity contribution in [3.8, 4) is 11.1 Å². The van der Waals surface area contributed by atoms with Crippen LogP contribution in [-0.4, -0.2) is 19.7 Å². The Labute approximate surface area is 202 Å². The van der Waals surface area contributed by atoms with Crippen LogP contribution >= 0.6 is 0 Å². The Kier molecular flexibility index (Phi) is 5.02. The Morgan fingerprint density at radius 2 is 1.94 bits per heavy atom. The Morgan fingerprint density at radius 3 is 2.80 bits per heavy atom. The van der Waals surface area contributed by atoms with Gasteiger partial charge in [-0.15, -0.1) is 0 Å². The molecule has 8 nitrogen and oxygen atoms in total. The number of benzene rings is 1. The Balaban J connectivity index is 1.30. The molecule has 1 N–H and O–H groups in total. The van der Waals surface area contributed by atoms with Crippen LogP contribution in [0.15, 0.2) is 69.3 Å². The first-order valence-corrected chi connectivity index (χ1v) is 11.7. The van der Waals surface area contributed by atoms with E-state index in [0.717, 1.165) is 58.4 Å². The number of allylic oxidation sites excluding steroid dienone is 3. The highest BCUT2D eigenvalue weighted by molar-refractivity contribution is 5.85. The van der Waals surface area contributed by atoms with Gasteiger partial charge in [0.25, 0.3) is 17.4 Å². The fourth-order valence-electron chi connectivity index (χ4n) is 4.74. The molecule has 1 aliphatic heterocycles. The second-order valence-electron chi connectivity index (χ2n) is 9.10. The minimum absolute atomic E-state index is 0.0614. The number of rotatable bonds is 4. The largest absolute Gasteiger partial charge is 0.480 e. The lowest BCUT2D eigenvalue weighted by molar-refractivity contribution is 0.125. The number of fused-ring (bicyclic) bond motifs is 2. The van der Waals surface area contributed by atoms with Crippen LogP contribution in [0.25, 0.3) is 22.0 Å². The predicted molar refractivity (Wildman–Crippen MR) is 133 cm³/mol. The van der Waals surface area contributed by atoms with Gasteiger partial charge in [0.05, 0.1) is 5.52 Å². The van der Waals surface area contributed by atoms with Crippen molar-refractivity contribution in [1.82, 2.24) is 19.7 Å². The van der Waals surface area contributed by atoms with Crippen molar-refractivity contribution in [2.75, 3.05) is 5.32 Å². The molecule has 1 fully saturated rings. The molecule has 8 heteroatoms. The first-order chi connectivity index (χ1) is 17.0. The number of aromatic nitrogens is 4. The number of aryl methyl sites for hydroxylation is 3. The summed E-state index contributed by atoms with van der Waals surface area (Å²) in [4.78, 5) is 22.1. The van der Waals surface area contributed by atoms with E-state index in [-0.39, 0.29) is 11.7 Å². The molecule has 0 radical (unpaired) electrons. The predicted octanol–water partition coefficient (Wildman–Crippen LogP) is 5.41. The zero-order chi connectivity index (χ0) is 24.1. The van der Waals surface area contributed by atoms with Gasteiger partial charge in [0.1, 0.15) is 5.76 Å². The van der Waals surface area contributed by atoms with Crippen molar-refractivity contribution in [1.29, 1.82) is 0 Å². The average Bonchev–Trinajstić information content (AvgIpc) is 3.50. The van der Waals surface area contributed by atoms with Gasteiger partial charge >= 0.3 is 0 Å². The highest BCUT2D eigenvalue weighted by atomic mass is 16.5. The van der Waals surface area contributed by atoms with Gasteiger partial charge < -0.3 is 19.1 Å². The molecule has 1 atom stereocenters.